The molecule has 4 nitrogen and oxygen atoms in total. The molecule has 104 valence electrons. The van der Waals surface area contributed by atoms with Crippen LogP contribution in [0.1, 0.15) is 20.3 Å². The SMILES string of the molecule is CC1(C)CN(c2cccc(Br)c2)C(CCN)C(=O)N1. The Hall–Kier alpha value is -1.07. The molecule has 1 aliphatic rings. The Bertz CT molecular complexity index is 476. The smallest absolute Gasteiger partial charge is 0.243 e. The Morgan fingerprint density at radius 3 is 2.89 bits per heavy atom. The van der Waals surface area contributed by atoms with Gasteiger partial charge < -0.3 is 16.0 Å². The van der Waals surface area contributed by atoms with Crippen molar-refractivity contribution in [1.29, 1.82) is 0 Å². The van der Waals surface area contributed by atoms with E-state index in [9.17, 15) is 4.79 Å². The third-order valence-corrected chi connectivity index (χ3v) is 3.78. The third-order valence-electron chi connectivity index (χ3n) is 3.29. The van der Waals surface area contributed by atoms with Gasteiger partial charge in [-0.25, -0.2) is 0 Å². The molecule has 1 fully saturated rings. The number of nitrogens with one attached hydrogen (secondary N) is 1. The van der Waals surface area contributed by atoms with Gasteiger partial charge in [0.15, 0.2) is 0 Å². The number of piperazine rings is 1. The fourth-order valence-electron chi connectivity index (χ4n) is 2.50. The number of rotatable bonds is 3. The molecule has 0 radical (unpaired) electrons. The van der Waals surface area contributed by atoms with Crippen molar-refractivity contribution in [2.75, 3.05) is 18.0 Å². The maximum Gasteiger partial charge on any atom is 0.243 e. The van der Waals surface area contributed by atoms with Crippen molar-refractivity contribution in [3.8, 4) is 0 Å². The predicted octanol–water partition coefficient (Wildman–Crippen LogP) is 1.88. The van der Waals surface area contributed by atoms with E-state index in [0.717, 1.165) is 16.7 Å². The monoisotopic (exact) mass is 325 g/mol. The average Bonchev–Trinajstić information content (AvgIpc) is 2.31. The Kier molecular flexibility index (Phi) is 4.16. The molecule has 1 atom stereocenters. The molecule has 0 saturated carbocycles. The van der Waals surface area contributed by atoms with Crippen molar-refractivity contribution >= 4 is 27.5 Å². The van der Waals surface area contributed by atoms with Crippen LogP contribution in [0.3, 0.4) is 0 Å². The Morgan fingerprint density at radius 1 is 1.53 bits per heavy atom. The highest BCUT2D eigenvalue weighted by Crippen LogP contribution is 2.27. The van der Waals surface area contributed by atoms with Gasteiger partial charge in [-0.15, -0.1) is 0 Å². The summed E-state index contributed by atoms with van der Waals surface area (Å²) in [6, 6.07) is 7.85. The van der Waals surface area contributed by atoms with Gasteiger partial charge in [0.1, 0.15) is 6.04 Å². The minimum atomic E-state index is -0.232. The number of hydrogen-bond acceptors (Lipinski definition) is 3. The molecule has 19 heavy (non-hydrogen) atoms. The first-order valence-corrected chi connectivity index (χ1v) is 7.26. The molecule has 1 heterocycles. The number of nitrogens with zero attached hydrogens (tertiary/aromatic N) is 1. The van der Waals surface area contributed by atoms with E-state index in [-0.39, 0.29) is 17.5 Å². The van der Waals surface area contributed by atoms with Gasteiger partial charge in [0.05, 0.1) is 5.54 Å². The Balaban J connectivity index is 2.34. The molecule has 1 aliphatic heterocycles. The fraction of sp³-hybridized carbons (Fsp3) is 0.500. The zero-order chi connectivity index (χ0) is 14.0. The summed E-state index contributed by atoms with van der Waals surface area (Å²) < 4.78 is 1.01. The van der Waals surface area contributed by atoms with E-state index in [1.807, 2.05) is 38.1 Å². The van der Waals surface area contributed by atoms with Gasteiger partial charge in [-0.05, 0) is 45.0 Å². The lowest BCUT2D eigenvalue weighted by Gasteiger charge is -2.45. The van der Waals surface area contributed by atoms with E-state index >= 15 is 0 Å². The molecule has 2 rings (SSSR count). The molecule has 5 heteroatoms. The summed E-state index contributed by atoms with van der Waals surface area (Å²) in [5, 5.41) is 3.06. The van der Waals surface area contributed by atoms with Gasteiger partial charge >= 0.3 is 0 Å². The molecule has 0 aromatic heterocycles. The fourth-order valence-corrected chi connectivity index (χ4v) is 2.89. The van der Waals surface area contributed by atoms with Gasteiger partial charge in [-0.3, -0.25) is 4.79 Å². The van der Waals surface area contributed by atoms with E-state index in [4.69, 9.17) is 5.73 Å². The van der Waals surface area contributed by atoms with Gasteiger partial charge in [0.25, 0.3) is 0 Å². The lowest BCUT2D eigenvalue weighted by atomic mass is 9.96. The van der Waals surface area contributed by atoms with Gasteiger partial charge in [0, 0.05) is 16.7 Å². The summed E-state index contributed by atoms with van der Waals surface area (Å²) in [4.78, 5) is 14.4. The van der Waals surface area contributed by atoms with E-state index < -0.39 is 0 Å². The zero-order valence-corrected chi connectivity index (χ0v) is 12.9. The number of nitrogens with two attached hydrogens (primary N) is 1. The number of halogens is 1. The number of hydrogen-bond donors (Lipinski definition) is 2. The van der Waals surface area contributed by atoms with Crippen molar-refractivity contribution < 1.29 is 4.79 Å². The molecule has 1 aromatic rings. The first-order valence-electron chi connectivity index (χ1n) is 6.47. The second kappa shape index (κ2) is 5.51. The van der Waals surface area contributed by atoms with Crippen LogP contribution in [0.4, 0.5) is 5.69 Å². The number of carbonyl (C=O) groups excluding carboxylic acids is 1. The summed E-state index contributed by atoms with van der Waals surface area (Å²) in [6.45, 7) is 5.35. The molecule has 0 spiro atoms. The average molecular weight is 326 g/mol. The highest BCUT2D eigenvalue weighted by Gasteiger charge is 2.38. The summed E-state index contributed by atoms with van der Waals surface area (Å²) in [7, 11) is 0. The minimum Gasteiger partial charge on any atom is -0.357 e. The van der Waals surface area contributed by atoms with Crippen LogP contribution >= 0.6 is 15.9 Å². The molecule has 1 saturated heterocycles. The van der Waals surface area contributed by atoms with Crippen molar-refractivity contribution in [2.24, 2.45) is 5.73 Å². The molecular weight excluding hydrogens is 306 g/mol. The normalized spacial score (nSPS) is 22.2. The van der Waals surface area contributed by atoms with Crippen LogP contribution in [0.2, 0.25) is 0 Å². The number of carbonyl (C=O) groups is 1. The summed E-state index contributed by atoms with van der Waals surface area (Å²) in [5.74, 6) is 0.0571. The first kappa shape index (κ1) is 14.3. The summed E-state index contributed by atoms with van der Waals surface area (Å²) >= 11 is 3.48. The molecule has 1 amide bonds. The van der Waals surface area contributed by atoms with Crippen LogP contribution in [0.25, 0.3) is 0 Å². The van der Waals surface area contributed by atoms with Crippen LogP contribution in [0.5, 0.6) is 0 Å². The molecule has 1 unspecified atom stereocenters. The topological polar surface area (TPSA) is 58.4 Å². The second-order valence-electron chi connectivity index (χ2n) is 5.57. The first-order chi connectivity index (χ1) is 8.93. The van der Waals surface area contributed by atoms with Crippen molar-refractivity contribution in [1.82, 2.24) is 5.32 Å². The standard InChI is InChI=1S/C14H20BrN3O/c1-14(2)9-18(11-5-3-4-10(15)8-11)12(6-7-16)13(19)17-14/h3-5,8,12H,6-7,9,16H2,1-2H3,(H,17,19). The van der Waals surface area contributed by atoms with E-state index in [0.29, 0.717) is 13.0 Å². The molecule has 0 bridgehead atoms. The van der Waals surface area contributed by atoms with Crippen molar-refractivity contribution in [3.63, 3.8) is 0 Å². The van der Waals surface area contributed by atoms with Crippen molar-refractivity contribution in [3.05, 3.63) is 28.7 Å². The van der Waals surface area contributed by atoms with Crippen molar-refractivity contribution in [2.45, 2.75) is 31.8 Å². The lowest BCUT2D eigenvalue weighted by molar-refractivity contribution is -0.125. The van der Waals surface area contributed by atoms with Crippen LogP contribution in [-0.4, -0.2) is 30.6 Å². The molecule has 3 N–H and O–H groups in total. The second-order valence-corrected chi connectivity index (χ2v) is 6.49. The minimum absolute atomic E-state index is 0.0571. The molecule has 0 aliphatic carbocycles. The predicted molar refractivity (Wildman–Crippen MR) is 81.2 cm³/mol. The molecular formula is C14H20BrN3O. The summed E-state index contributed by atoms with van der Waals surface area (Å²) in [5.41, 5.74) is 6.46. The van der Waals surface area contributed by atoms with E-state index in [1.54, 1.807) is 0 Å². The third kappa shape index (κ3) is 3.28. The van der Waals surface area contributed by atoms with E-state index in [1.165, 1.54) is 0 Å². The highest BCUT2D eigenvalue weighted by molar-refractivity contribution is 9.10. The maximum absolute atomic E-state index is 12.2. The highest BCUT2D eigenvalue weighted by atomic mass is 79.9. The van der Waals surface area contributed by atoms with Gasteiger partial charge in [-0.2, -0.15) is 0 Å². The zero-order valence-electron chi connectivity index (χ0n) is 11.3. The van der Waals surface area contributed by atoms with Gasteiger partial charge in [-0.1, -0.05) is 22.0 Å². The summed E-state index contributed by atoms with van der Waals surface area (Å²) in [6.07, 6.45) is 0.661. The van der Waals surface area contributed by atoms with E-state index in [2.05, 4.69) is 26.1 Å². The quantitative estimate of drug-likeness (QED) is 0.892. The van der Waals surface area contributed by atoms with Crippen LogP contribution in [0.15, 0.2) is 28.7 Å². The Labute approximate surface area is 122 Å². The number of benzene rings is 1. The maximum atomic E-state index is 12.2. The van der Waals surface area contributed by atoms with Crippen LogP contribution in [0, 0.1) is 0 Å². The Morgan fingerprint density at radius 2 is 2.26 bits per heavy atom. The number of amides is 1. The van der Waals surface area contributed by atoms with Gasteiger partial charge in [0.2, 0.25) is 5.91 Å². The number of anilines is 1. The lowest BCUT2D eigenvalue weighted by Crippen LogP contribution is -2.65. The van der Waals surface area contributed by atoms with Crippen LogP contribution in [-0.2, 0) is 4.79 Å². The van der Waals surface area contributed by atoms with Crippen LogP contribution < -0.4 is 16.0 Å². The molecule has 1 aromatic carbocycles. The largest absolute Gasteiger partial charge is 0.357 e.